The van der Waals surface area contributed by atoms with E-state index in [2.05, 4.69) is 4.98 Å². The quantitative estimate of drug-likeness (QED) is 0.842. The topological polar surface area (TPSA) is 66.1 Å². The number of aryl methyl sites for hydroxylation is 1. The van der Waals surface area contributed by atoms with Crippen molar-refractivity contribution in [3.63, 3.8) is 0 Å². The van der Waals surface area contributed by atoms with Crippen LogP contribution in [-0.2, 0) is 18.3 Å². The minimum Gasteiger partial charge on any atom is -0.381 e. The third-order valence-corrected chi connectivity index (χ3v) is 4.26. The van der Waals surface area contributed by atoms with E-state index in [1.807, 2.05) is 0 Å². The van der Waals surface area contributed by atoms with Gasteiger partial charge in [-0.2, -0.15) is 0 Å². The van der Waals surface area contributed by atoms with E-state index < -0.39 is 0 Å². The van der Waals surface area contributed by atoms with Crippen molar-refractivity contribution in [2.75, 3.05) is 13.2 Å². The lowest BCUT2D eigenvalue weighted by Gasteiger charge is -2.22. The second-order valence-corrected chi connectivity index (χ2v) is 5.54. The van der Waals surface area contributed by atoms with Crippen LogP contribution < -0.4 is 11.2 Å². The maximum atomic E-state index is 12.5. The molecule has 0 aliphatic carbocycles. The van der Waals surface area contributed by atoms with Gasteiger partial charge >= 0.3 is 5.69 Å². The highest BCUT2D eigenvalue weighted by Crippen LogP contribution is 2.18. The first kappa shape index (κ1) is 14.0. The van der Waals surface area contributed by atoms with Gasteiger partial charge in [0.25, 0.3) is 5.56 Å². The molecule has 0 bridgehead atoms. The maximum Gasteiger partial charge on any atom is 0.331 e. The Kier molecular flexibility index (Phi) is 3.88. The molecule has 1 aliphatic heterocycles. The fourth-order valence-electron chi connectivity index (χ4n) is 2.89. The van der Waals surface area contributed by atoms with Crippen molar-refractivity contribution in [3.8, 4) is 0 Å². The monoisotopic (exact) mass is 289 g/mol. The van der Waals surface area contributed by atoms with Gasteiger partial charge in [-0.15, -0.1) is 0 Å². The Morgan fingerprint density at radius 1 is 1.33 bits per heavy atom. The minimum absolute atomic E-state index is 0.220. The molecular weight excluding hydrogens is 270 g/mol. The lowest BCUT2D eigenvalue weighted by Crippen LogP contribution is -2.39. The van der Waals surface area contributed by atoms with Crippen molar-refractivity contribution in [2.24, 2.45) is 13.0 Å². The van der Waals surface area contributed by atoms with Crippen LogP contribution in [0.5, 0.6) is 0 Å². The number of pyridine rings is 1. The number of ether oxygens (including phenoxy) is 1. The van der Waals surface area contributed by atoms with Gasteiger partial charge in [-0.05, 0) is 31.2 Å². The molecule has 0 unspecified atom stereocenters. The smallest absolute Gasteiger partial charge is 0.331 e. The molecule has 1 aliphatic rings. The van der Waals surface area contributed by atoms with Crippen molar-refractivity contribution in [2.45, 2.75) is 25.8 Å². The molecule has 21 heavy (non-hydrogen) atoms. The lowest BCUT2D eigenvalue weighted by molar-refractivity contribution is 0.0624. The summed E-state index contributed by atoms with van der Waals surface area (Å²) >= 11 is 0. The van der Waals surface area contributed by atoms with E-state index in [0.717, 1.165) is 32.5 Å². The van der Waals surface area contributed by atoms with Crippen molar-refractivity contribution in [3.05, 3.63) is 39.3 Å². The molecule has 1 saturated heterocycles. The van der Waals surface area contributed by atoms with Crippen LogP contribution in [0.25, 0.3) is 10.9 Å². The Hall–Kier alpha value is -1.95. The highest BCUT2D eigenvalue weighted by atomic mass is 16.5. The molecular formula is C15H19N3O3. The Morgan fingerprint density at radius 3 is 2.86 bits per heavy atom. The summed E-state index contributed by atoms with van der Waals surface area (Å²) in [5.41, 5.74) is 0.0879. The van der Waals surface area contributed by atoms with Crippen LogP contribution in [0.1, 0.15) is 19.3 Å². The first-order valence-electron chi connectivity index (χ1n) is 7.30. The first-order valence-corrected chi connectivity index (χ1v) is 7.30. The Labute approximate surface area is 122 Å². The summed E-state index contributed by atoms with van der Waals surface area (Å²) in [5, 5.41) is 0.541. The summed E-state index contributed by atoms with van der Waals surface area (Å²) < 4.78 is 8.17. The SMILES string of the molecule is Cn1c(=O)n(CCC2CCOCC2)c(=O)c2ccncc21. The average molecular weight is 289 g/mol. The zero-order valence-corrected chi connectivity index (χ0v) is 12.1. The molecule has 2 aromatic heterocycles. The summed E-state index contributed by atoms with van der Waals surface area (Å²) in [6.07, 6.45) is 5.99. The van der Waals surface area contributed by atoms with E-state index >= 15 is 0 Å². The average Bonchev–Trinajstić information content (AvgIpc) is 2.54. The van der Waals surface area contributed by atoms with Gasteiger partial charge in [0, 0.05) is 33.0 Å². The zero-order valence-electron chi connectivity index (χ0n) is 12.1. The predicted molar refractivity (Wildman–Crippen MR) is 79.4 cm³/mol. The third kappa shape index (κ3) is 2.63. The Bertz CT molecular complexity index is 757. The number of hydrogen-bond donors (Lipinski definition) is 0. The predicted octanol–water partition coefficient (Wildman–Crippen LogP) is 0.912. The standard InChI is InChI=1S/C15H19N3O3/c1-17-13-10-16-6-2-12(13)14(19)18(15(17)20)7-3-11-4-8-21-9-5-11/h2,6,10-11H,3-5,7-9H2,1H3. The van der Waals surface area contributed by atoms with Crippen LogP contribution in [0.4, 0.5) is 0 Å². The summed E-state index contributed by atoms with van der Waals surface area (Å²) in [6, 6.07) is 1.67. The molecule has 3 rings (SSSR count). The van der Waals surface area contributed by atoms with Crippen LogP contribution in [0.2, 0.25) is 0 Å². The highest BCUT2D eigenvalue weighted by molar-refractivity contribution is 5.76. The first-order chi connectivity index (χ1) is 10.2. The number of nitrogens with zero attached hydrogens (tertiary/aromatic N) is 3. The highest BCUT2D eigenvalue weighted by Gasteiger charge is 2.16. The fourth-order valence-corrected chi connectivity index (χ4v) is 2.89. The molecule has 0 aromatic carbocycles. The second kappa shape index (κ2) is 5.81. The van der Waals surface area contributed by atoms with Gasteiger partial charge in [0.1, 0.15) is 0 Å². The molecule has 0 atom stereocenters. The summed E-state index contributed by atoms with van der Waals surface area (Å²) in [6.45, 7) is 2.02. The third-order valence-electron chi connectivity index (χ3n) is 4.26. The van der Waals surface area contributed by atoms with Gasteiger partial charge in [0.2, 0.25) is 0 Å². The van der Waals surface area contributed by atoms with Gasteiger partial charge in [0.05, 0.1) is 17.1 Å². The molecule has 0 N–H and O–H groups in total. The minimum atomic E-state index is -0.271. The van der Waals surface area contributed by atoms with Crippen LogP contribution in [0.3, 0.4) is 0 Å². The van der Waals surface area contributed by atoms with E-state index in [4.69, 9.17) is 4.74 Å². The molecule has 3 heterocycles. The molecule has 1 fully saturated rings. The molecule has 6 nitrogen and oxygen atoms in total. The van der Waals surface area contributed by atoms with Crippen molar-refractivity contribution in [1.29, 1.82) is 0 Å². The molecule has 0 spiro atoms. The van der Waals surface area contributed by atoms with Crippen molar-refractivity contribution in [1.82, 2.24) is 14.1 Å². The van der Waals surface area contributed by atoms with E-state index in [9.17, 15) is 9.59 Å². The summed E-state index contributed by atoms with van der Waals surface area (Å²) in [5.74, 6) is 0.531. The molecule has 6 heteroatoms. The van der Waals surface area contributed by atoms with Gasteiger partial charge in [-0.25, -0.2) is 4.79 Å². The van der Waals surface area contributed by atoms with E-state index in [-0.39, 0.29) is 11.2 Å². The number of fused-ring (bicyclic) bond motifs is 1. The largest absolute Gasteiger partial charge is 0.381 e. The molecule has 0 saturated carbocycles. The number of hydrogen-bond acceptors (Lipinski definition) is 4. The van der Waals surface area contributed by atoms with Crippen LogP contribution in [0, 0.1) is 5.92 Å². The van der Waals surface area contributed by atoms with E-state index in [0.29, 0.717) is 23.4 Å². The Balaban J connectivity index is 1.94. The van der Waals surface area contributed by atoms with Gasteiger partial charge in [0.15, 0.2) is 0 Å². The van der Waals surface area contributed by atoms with Crippen LogP contribution >= 0.6 is 0 Å². The second-order valence-electron chi connectivity index (χ2n) is 5.54. The van der Waals surface area contributed by atoms with E-state index in [1.54, 1.807) is 25.5 Å². The summed E-state index contributed by atoms with van der Waals surface area (Å²) in [7, 11) is 1.68. The zero-order chi connectivity index (χ0) is 14.8. The van der Waals surface area contributed by atoms with Gasteiger partial charge < -0.3 is 4.74 Å². The maximum absolute atomic E-state index is 12.5. The van der Waals surface area contributed by atoms with Crippen molar-refractivity contribution >= 4 is 10.9 Å². The van der Waals surface area contributed by atoms with Gasteiger partial charge in [-0.1, -0.05) is 0 Å². The molecule has 112 valence electrons. The molecule has 0 radical (unpaired) electrons. The number of aromatic nitrogens is 3. The molecule has 0 amide bonds. The van der Waals surface area contributed by atoms with Gasteiger partial charge in [-0.3, -0.25) is 18.9 Å². The van der Waals surface area contributed by atoms with Crippen molar-refractivity contribution < 1.29 is 4.74 Å². The lowest BCUT2D eigenvalue weighted by atomic mass is 9.97. The fraction of sp³-hybridized carbons (Fsp3) is 0.533. The normalized spacial score (nSPS) is 16.4. The van der Waals surface area contributed by atoms with Crippen LogP contribution in [-0.4, -0.2) is 27.3 Å². The number of rotatable bonds is 3. The summed E-state index contributed by atoms with van der Waals surface area (Å²) in [4.78, 5) is 28.8. The van der Waals surface area contributed by atoms with E-state index in [1.165, 1.54) is 9.13 Å². The molecule has 2 aromatic rings. The van der Waals surface area contributed by atoms with Crippen LogP contribution in [0.15, 0.2) is 28.0 Å². The Morgan fingerprint density at radius 2 is 2.10 bits per heavy atom.